The first-order valence-corrected chi connectivity index (χ1v) is 9.07. The maximum Gasteiger partial charge on any atom is 0.408 e. The monoisotopic (exact) mass is 379 g/mol. The summed E-state index contributed by atoms with van der Waals surface area (Å²) >= 11 is 0. The highest BCUT2D eigenvalue weighted by Crippen LogP contribution is 2.08. The molecule has 0 aliphatic rings. The van der Waals surface area contributed by atoms with E-state index in [0.29, 0.717) is 0 Å². The largest absolute Gasteiger partial charge is 0.459 e. The van der Waals surface area contributed by atoms with Crippen LogP contribution < -0.4 is 5.32 Å². The summed E-state index contributed by atoms with van der Waals surface area (Å²) in [7, 11) is 0. The summed E-state index contributed by atoms with van der Waals surface area (Å²) in [5.74, 6) is 5.35. The quantitative estimate of drug-likeness (QED) is 0.628. The molecule has 0 aliphatic heterocycles. The lowest BCUT2D eigenvalue weighted by atomic mass is 10.1. The van der Waals surface area contributed by atoms with Crippen molar-refractivity contribution in [1.29, 1.82) is 0 Å². The number of rotatable bonds is 5. The van der Waals surface area contributed by atoms with Gasteiger partial charge in [-0.2, -0.15) is 0 Å². The van der Waals surface area contributed by atoms with Gasteiger partial charge in [-0.25, -0.2) is 9.59 Å². The average molecular weight is 379 g/mol. The molecule has 5 nitrogen and oxygen atoms in total. The predicted molar refractivity (Wildman–Crippen MR) is 107 cm³/mol. The van der Waals surface area contributed by atoms with E-state index in [1.807, 2.05) is 60.7 Å². The smallest absolute Gasteiger partial charge is 0.408 e. The van der Waals surface area contributed by atoms with Crippen molar-refractivity contribution in [3.05, 3.63) is 71.8 Å². The van der Waals surface area contributed by atoms with E-state index in [0.717, 1.165) is 11.1 Å². The molecule has 0 spiro atoms. The summed E-state index contributed by atoms with van der Waals surface area (Å²) in [6, 6.07) is 17.8. The van der Waals surface area contributed by atoms with Gasteiger partial charge in [-0.15, -0.1) is 0 Å². The van der Waals surface area contributed by atoms with Crippen LogP contribution in [0.1, 0.15) is 38.3 Å². The minimum atomic E-state index is -0.922. The third-order valence-electron chi connectivity index (χ3n) is 3.51. The van der Waals surface area contributed by atoms with Crippen molar-refractivity contribution in [1.82, 2.24) is 5.32 Å². The van der Waals surface area contributed by atoms with Crippen LogP contribution in [-0.4, -0.2) is 23.7 Å². The van der Waals surface area contributed by atoms with E-state index in [1.165, 1.54) is 0 Å². The van der Waals surface area contributed by atoms with Gasteiger partial charge in [-0.05, 0) is 38.5 Å². The molecule has 0 saturated heterocycles. The average Bonchev–Trinajstić information content (AvgIpc) is 2.65. The molecule has 0 heterocycles. The molecule has 0 aromatic heterocycles. The Morgan fingerprint density at radius 1 is 1.00 bits per heavy atom. The number of hydrogen-bond donors (Lipinski definition) is 1. The highest BCUT2D eigenvalue weighted by molar-refractivity contribution is 5.81. The van der Waals surface area contributed by atoms with Crippen LogP contribution in [0.15, 0.2) is 60.7 Å². The second kappa shape index (κ2) is 10.2. The summed E-state index contributed by atoms with van der Waals surface area (Å²) in [5.41, 5.74) is 1.02. The van der Waals surface area contributed by atoms with Gasteiger partial charge in [-0.3, -0.25) is 0 Å². The minimum absolute atomic E-state index is 0.113. The van der Waals surface area contributed by atoms with E-state index < -0.39 is 23.7 Å². The zero-order valence-corrected chi connectivity index (χ0v) is 16.4. The molecule has 5 heteroatoms. The van der Waals surface area contributed by atoms with E-state index in [4.69, 9.17) is 9.47 Å². The summed E-state index contributed by atoms with van der Waals surface area (Å²) < 4.78 is 10.6. The van der Waals surface area contributed by atoms with E-state index >= 15 is 0 Å². The van der Waals surface area contributed by atoms with Crippen molar-refractivity contribution >= 4 is 12.1 Å². The van der Waals surface area contributed by atoms with Gasteiger partial charge in [0.05, 0.1) is 0 Å². The Hall–Kier alpha value is -3.26. The Balaban J connectivity index is 2.02. The molecule has 1 N–H and O–H groups in total. The lowest BCUT2D eigenvalue weighted by molar-refractivity contribution is -0.147. The second-order valence-electron chi connectivity index (χ2n) is 7.16. The first-order valence-electron chi connectivity index (χ1n) is 9.07. The van der Waals surface area contributed by atoms with Gasteiger partial charge in [0.15, 0.2) is 0 Å². The van der Waals surface area contributed by atoms with E-state index in [-0.39, 0.29) is 13.0 Å². The van der Waals surface area contributed by atoms with Crippen LogP contribution in [0.5, 0.6) is 0 Å². The minimum Gasteiger partial charge on any atom is -0.459 e. The number of alkyl carbamates (subject to hydrolysis) is 1. The molecule has 1 atom stereocenters. The molecule has 1 unspecified atom stereocenters. The van der Waals surface area contributed by atoms with Crippen LogP contribution in [0, 0.1) is 11.8 Å². The van der Waals surface area contributed by atoms with Crippen LogP contribution in [0.25, 0.3) is 0 Å². The van der Waals surface area contributed by atoms with Gasteiger partial charge in [0.2, 0.25) is 0 Å². The third kappa shape index (κ3) is 7.96. The van der Waals surface area contributed by atoms with E-state index in [1.54, 1.807) is 20.8 Å². The number of esters is 1. The molecule has 2 rings (SSSR count). The number of hydrogen-bond acceptors (Lipinski definition) is 4. The highest BCUT2D eigenvalue weighted by Gasteiger charge is 2.25. The highest BCUT2D eigenvalue weighted by atomic mass is 16.6. The van der Waals surface area contributed by atoms with Crippen molar-refractivity contribution < 1.29 is 19.1 Å². The molecule has 2 aromatic carbocycles. The number of amides is 1. The topological polar surface area (TPSA) is 64.6 Å². The lowest BCUT2D eigenvalue weighted by Gasteiger charge is -2.22. The summed E-state index contributed by atoms with van der Waals surface area (Å²) in [6.07, 6.45) is -0.572. The molecule has 0 radical (unpaired) electrons. The molecule has 1 amide bonds. The Kier molecular flexibility index (Phi) is 7.65. The molecule has 146 valence electrons. The zero-order valence-electron chi connectivity index (χ0n) is 16.4. The van der Waals surface area contributed by atoms with Crippen LogP contribution in [0.4, 0.5) is 4.79 Å². The molecular formula is C23H25NO4. The van der Waals surface area contributed by atoms with Gasteiger partial charge in [0.1, 0.15) is 18.2 Å². The fourth-order valence-electron chi connectivity index (χ4n) is 2.25. The Bertz CT molecular complexity index is 830. The first-order chi connectivity index (χ1) is 13.3. The van der Waals surface area contributed by atoms with Gasteiger partial charge in [-0.1, -0.05) is 60.4 Å². The van der Waals surface area contributed by atoms with Crippen molar-refractivity contribution in [2.75, 3.05) is 0 Å². The molecule has 2 aromatic rings. The Labute approximate surface area is 166 Å². The van der Waals surface area contributed by atoms with Crippen LogP contribution in [0.3, 0.4) is 0 Å². The molecule has 0 bridgehead atoms. The maximum absolute atomic E-state index is 12.5. The Morgan fingerprint density at radius 2 is 1.61 bits per heavy atom. The van der Waals surface area contributed by atoms with Gasteiger partial charge in [0, 0.05) is 12.0 Å². The van der Waals surface area contributed by atoms with Gasteiger partial charge in [0.25, 0.3) is 0 Å². The van der Waals surface area contributed by atoms with Crippen LogP contribution in [0.2, 0.25) is 0 Å². The number of carbonyl (C=O) groups is 2. The lowest BCUT2D eigenvalue weighted by Crippen LogP contribution is -2.44. The first kappa shape index (κ1) is 21.0. The number of nitrogens with one attached hydrogen (secondary N) is 1. The maximum atomic E-state index is 12.5. The van der Waals surface area contributed by atoms with Crippen molar-refractivity contribution in [2.45, 2.75) is 45.4 Å². The summed E-state index contributed by atoms with van der Waals surface area (Å²) in [4.78, 5) is 24.6. The van der Waals surface area contributed by atoms with Crippen molar-refractivity contribution in [3.63, 3.8) is 0 Å². The third-order valence-corrected chi connectivity index (χ3v) is 3.51. The fourth-order valence-corrected chi connectivity index (χ4v) is 2.25. The second-order valence-corrected chi connectivity index (χ2v) is 7.16. The van der Waals surface area contributed by atoms with Gasteiger partial charge >= 0.3 is 12.1 Å². The summed E-state index contributed by atoms with van der Waals surface area (Å²) in [6.45, 7) is 5.39. The summed E-state index contributed by atoms with van der Waals surface area (Å²) in [5, 5.41) is 2.56. The number of carbonyl (C=O) groups excluding carboxylic acids is 2. The number of benzene rings is 2. The van der Waals surface area contributed by atoms with Crippen molar-refractivity contribution in [2.24, 2.45) is 0 Å². The molecule has 0 aliphatic carbocycles. The molecular weight excluding hydrogens is 354 g/mol. The normalized spacial score (nSPS) is 11.5. The van der Waals surface area contributed by atoms with Gasteiger partial charge < -0.3 is 14.8 Å². The van der Waals surface area contributed by atoms with E-state index in [2.05, 4.69) is 17.2 Å². The number of ether oxygens (including phenoxy) is 2. The van der Waals surface area contributed by atoms with E-state index in [9.17, 15) is 9.59 Å². The molecule has 0 saturated carbocycles. The fraction of sp³-hybridized carbons (Fsp3) is 0.304. The molecule has 0 fully saturated rings. The SMILES string of the molecule is CC(C)(C)OC(=O)NC(CC#Cc1ccccc1)C(=O)OCc1ccccc1. The van der Waals surface area contributed by atoms with Crippen LogP contribution >= 0.6 is 0 Å². The standard InChI is InChI=1S/C23H25NO4/c1-23(2,3)28-22(26)24-20(16-10-15-18-11-6-4-7-12-18)21(25)27-17-19-13-8-5-9-14-19/h4-9,11-14,20H,16-17H2,1-3H3,(H,24,26). The zero-order chi connectivity index (χ0) is 20.4. The van der Waals surface area contributed by atoms with Crippen molar-refractivity contribution in [3.8, 4) is 11.8 Å². The predicted octanol–water partition coefficient (Wildman–Crippen LogP) is 4.06. The Morgan fingerprint density at radius 3 is 2.21 bits per heavy atom. The van der Waals surface area contributed by atoms with Crippen LogP contribution in [-0.2, 0) is 20.9 Å². The molecule has 28 heavy (non-hydrogen) atoms.